The van der Waals surface area contributed by atoms with E-state index in [1.807, 2.05) is 6.07 Å². The average molecular weight is 333 g/mol. The van der Waals surface area contributed by atoms with Gasteiger partial charge in [-0.2, -0.15) is 0 Å². The summed E-state index contributed by atoms with van der Waals surface area (Å²) in [7, 11) is 3.10. The number of methoxy groups -OCH3 is 2. The topological polar surface area (TPSA) is 56.8 Å². The molecule has 0 aromatic heterocycles. The van der Waals surface area contributed by atoms with Crippen molar-refractivity contribution >= 4 is 5.91 Å². The summed E-state index contributed by atoms with van der Waals surface area (Å²) in [6.45, 7) is 1.86. The van der Waals surface area contributed by atoms with Gasteiger partial charge in [0.2, 0.25) is 0 Å². The van der Waals surface area contributed by atoms with E-state index < -0.39 is 11.9 Å². The van der Waals surface area contributed by atoms with Gasteiger partial charge in [-0.15, -0.1) is 0 Å². The van der Waals surface area contributed by atoms with Crippen LogP contribution in [0.15, 0.2) is 42.5 Å². The quantitative estimate of drug-likeness (QED) is 0.846. The number of ether oxygens (including phenoxy) is 3. The minimum atomic E-state index is -0.818. The Labute approximate surface area is 140 Å². The van der Waals surface area contributed by atoms with Crippen LogP contribution in [0.2, 0.25) is 0 Å². The first kappa shape index (κ1) is 17.6. The standard InChI is InChI=1S/C18H20FNO4/c1-12(24-15-7-5-4-6-14(15)19)18(21)20-11-13-8-9-16(22-2)17(10-13)23-3/h4-10,12H,11H2,1-3H3,(H,20,21). The minimum absolute atomic E-state index is 0.0475. The van der Waals surface area contributed by atoms with Crippen LogP contribution in [0, 0.1) is 5.82 Å². The van der Waals surface area contributed by atoms with Crippen molar-refractivity contribution in [3.63, 3.8) is 0 Å². The second-order valence-corrected chi connectivity index (χ2v) is 5.10. The van der Waals surface area contributed by atoms with Gasteiger partial charge in [0, 0.05) is 6.54 Å². The first-order valence-corrected chi connectivity index (χ1v) is 7.45. The van der Waals surface area contributed by atoms with Gasteiger partial charge in [0.15, 0.2) is 29.2 Å². The molecule has 1 N–H and O–H groups in total. The molecule has 1 amide bonds. The highest BCUT2D eigenvalue weighted by Crippen LogP contribution is 2.27. The van der Waals surface area contributed by atoms with Crippen LogP contribution in [0.1, 0.15) is 12.5 Å². The highest BCUT2D eigenvalue weighted by molar-refractivity contribution is 5.80. The minimum Gasteiger partial charge on any atom is -0.493 e. The Kier molecular flexibility index (Phi) is 6.01. The highest BCUT2D eigenvalue weighted by atomic mass is 19.1. The summed E-state index contributed by atoms with van der Waals surface area (Å²) in [6, 6.07) is 11.3. The van der Waals surface area contributed by atoms with Crippen LogP contribution in [0.3, 0.4) is 0 Å². The largest absolute Gasteiger partial charge is 0.493 e. The second-order valence-electron chi connectivity index (χ2n) is 5.10. The van der Waals surface area contributed by atoms with Crippen molar-refractivity contribution in [3.05, 3.63) is 53.8 Å². The number of hydrogen-bond acceptors (Lipinski definition) is 4. The van der Waals surface area contributed by atoms with Crippen LogP contribution in [0.4, 0.5) is 4.39 Å². The van der Waals surface area contributed by atoms with Crippen LogP contribution < -0.4 is 19.5 Å². The van der Waals surface area contributed by atoms with Gasteiger partial charge < -0.3 is 19.5 Å². The van der Waals surface area contributed by atoms with Crippen molar-refractivity contribution < 1.29 is 23.4 Å². The number of carbonyl (C=O) groups is 1. The molecule has 0 aliphatic heterocycles. The van der Waals surface area contributed by atoms with E-state index in [9.17, 15) is 9.18 Å². The third-order valence-electron chi connectivity index (χ3n) is 3.42. The Hall–Kier alpha value is -2.76. The van der Waals surface area contributed by atoms with E-state index in [0.717, 1.165) is 5.56 Å². The number of para-hydroxylation sites is 1. The zero-order chi connectivity index (χ0) is 17.5. The van der Waals surface area contributed by atoms with Gasteiger partial charge in [-0.05, 0) is 36.8 Å². The number of carbonyl (C=O) groups excluding carboxylic acids is 1. The predicted octanol–water partition coefficient (Wildman–Crippen LogP) is 2.93. The number of amides is 1. The molecule has 0 aliphatic rings. The Morgan fingerprint density at radius 2 is 1.79 bits per heavy atom. The maximum Gasteiger partial charge on any atom is 0.261 e. The molecule has 2 aromatic carbocycles. The van der Waals surface area contributed by atoms with E-state index in [1.165, 1.54) is 12.1 Å². The van der Waals surface area contributed by atoms with Crippen LogP contribution in [-0.2, 0) is 11.3 Å². The molecule has 1 atom stereocenters. The van der Waals surface area contributed by atoms with Crippen molar-refractivity contribution in [2.45, 2.75) is 19.6 Å². The lowest BCUT2D eigenvalue weighted by Gasteiger charge is -2.15. The van der Waals surface area contributed by atoms with Crippen LogP contribution >= 0.6 is 0 Å². The smallest absolute Gasteiger partial charge is 0.261 e. The molecule has 128 valence electrons. The molecule has 0 radical (unpaired) electrons. The normalized spacial score (nSPS) is 11.5. The zero-order valence-electron chi connectivity index (χ0n) is 13.8. The lowest BCUT2D eigenvalue weighted by atomic mass is 10.2. The van der Waals surface area contributed by atoms with Crippen molar-refractivity contribution in [2.75, 3.05) is 14.2 Å². The molecule has 0 aliphatic carbocycles. The lowest BCUT2D eigenvalue weighted by Crippen LogP contribution is -2.36. The number of hydrogen-bond donors (Lipinski definition) is 1. The summed E-state index contributed by atoms with van der Waals surface area (Å²) >= 11 is 0. The predicted molar refractivity (Wildman–Crippen MR) is 87.9 cm³/mol. The van der Waals surface area contributed by atoms with Crippen LogP contribution in [-0.4, -0.2) is 26.2 Å². The van der Waals surface area contributed by atoms with Gasteiger partial charge >= 0.3 is 0 Å². The maximum atomic E-state index is 13.5. The molecular formula is C18H20FNO4. The molecular weight excluding hydrogens is 313 g/mol. The van der Waals surface area contributed by atoms with Crippen LogP contribution in [0.5, 0.6) is 17.2 Å². The van der Waals surface area contributed by atoms with Crippen molar-refractivity contribution in [1.29, 1.82) is 0 Å². The fourth-order valence-electron chi connectivity index (χ4n) is 2.11. The van der Waals surface area contributed by atoms with E-state index in [2.05, 4.69) is 5.32 Å². The van der Waals surface area contributed by atoms with Crippen molar-refractivity contribution in [1.82, 2.24) is 5.32 Å². The molecule has 6 heteroatoms. The van der Waals surface area contributed by atoms with E-state index >= 15 is 0 Å². The molecule has 24 heavy (non-hydrogen) atoms. The summed E-state index contributed by atoms with van der Waals surface area (Å²) in [4.78, 5) is 12.1. The SMILES string of the molecule is COc1ccc(CNC(=O)C(C)Oc2ccccc2F)cc1OC. The first-order chi connectivity index (χ1) is 11.5. The van der Waals surface area contributed by atoms with Crippen LogP contribution in [0.25, 0.3) is 0 Å². The zero-order valence-corrected chi connectivity index (χ0v) is 13.8. The van der Waals surface area contributed by atoms with Crippen molar-refractivity contribution in [2.24, 2.45) is 0 Å². The van der Waals surface area contributed by atoms with E-state index in [0.29, 0.717) is 18.0 Å². The monoisotopic (exact) mass is 333 g/mol. The van der Waals surface area contributed by atoms with Gasteiger partial charge in [0.1, 0.15) is 0 Å². The maximum absolute atomic E-state index is 13.5. The molecule has 0 saturated heterocycles. The van der Waals surface area contributed by atoms with E-state index in [4.69, 9.17) is 14.2 Å². The molecule has 0 heterocycles. The Balaban J connectivity index is 1.94. The summed E-state index contributed by atoms with van der Waals surface area (Å²) in [5, 5.41) is 2.74. The molecule has 0 fully saturated rings. The second kappa shape index (κ2) is 8.19. The van der Waals surface area contributed by atoms with Gasteiger partial charge in [-0.3, -0.25) is 4.79 Å². The Morgan fingerprint density at radius 1 is 1.08 bits per heavy atom. The number of rotatable bonds is 7. The summed E-state index contributed by atoms with van der Waals surface area (Å²) < 4.78 is 29.3. The molecule has 1 unspecified atom stereocenters. The number of nitrogens with one attached hydrogen (secondary N) is 1. The average Bonchev–Trinajstić information content (AvgIpc) is 2.61. The van der Waals surface area contributed by atoms with E-state index in [-0.39, 0.29) is 11.7 Å². The summed E-state index contributed by atoms with van der Waals surface area (Å²) in [5.74, 6) is 0.403. The molecule has 2 rings (SSSR count). The molecule has 5 nitrogen and oxygen atoms in total. The molecule has 0 bridgehead atoms. The van der Waals surface area contributed by atoms with Crippen molar-refractivity contribution in [3.8, 4) is 17.2 Å². The van der Waals surface area contributed by atoms with Gasteiger partial charge in [-0.1, -0.05) is 18.2 Å². The van der Waals surface area contributed by atoms with Gasteiger partial charge in [0.05, 0.1) is 14.2 Å². The Bertz CT molecular complexity index is 705. The van der Waals surface area contributed by atoms with Gasteiger partial charge in [0.25, 0.3) is 5.91 Å². The summed E-state index contributed by atoms with van der Waals surface area (Å²) in [5.41, 5.74) is 0.846. The molecule has 0 spiro atoms. The van der Waals surface area contributed by atoms with E-state index in [1.54, 1.807) is 45.4 Å². The summed E-state index contributed by atoms with van der Waals surface area (Å²) in [6.07, 6.45) is -0.818. The molecule has 2 aromatic rings. The third-order valence-corrected chi connectivity index (χ3v) is 3.42. The first-order valence-electron chi connectivity index (χ1n) is 7.45. The highest BCUT2D eigenvalue weighted by Gasteiger charge is 2.16. The van der Waals surface area contributed by atoms with Gasteiger partial charge in [-0.25, -0.2) is 4.39 Å². The fourth-order valence-corrected chi connectivity index (χ4v) is 2.11. The third kappa shape index (κ3) is 4.38. The number of benzene rings is 2. The Morgan fingerprint density at radius 3 is 2.46 bits per heavy atom. The number of halogens is 1. The fraction of sp³-hybridized carbons (Fsp3) is 0.278. The molecule has 0 saturated carbocycles. The lowest BCUT2D eigenvalue weighted by molar-refractivity contribution is -0.127.